The van der Waals surface area contributed by atoms with Crippen LogP contribution in [0.2, 0.25) is 0 Å². The Morgan fingerprint density at radius 1 is 1.17 bits per heavy atom. The monoisotopic (exact) mass is 337 g/mol. The Balaban J connectivity index is 0.00000192. The molecule has 2 aliphatic heterocycles. The van der Waals surface area contributed by atoms with E-state index in [1.807, 2.05) is 35.2 Å². The van der Waals surface area contributed by atoms with Crippen LogP contribution in [-0.2, 0) is 0 Å². The summed E-state index contributed by atoms with van der Waals surface area (Å²) in [5, 5.41) is 3.48. The molecule has 0 radical (unpaired) electrons. The average molecular weight is 338 g/mol. The maximum atomic E-state index is 12.6. The van der Waals surface area contributed by atoms with Gasteiger partial charge in [0.15, 0.2) is 0 Å². The summed E-state index contributed by atoms with van der Waals surface area (Å²) in [7, 11) is 0. The molecule has 1 aromatic rings. The van der Waals surface area contributed by atoms with Gasteiger partial charge >= 0.3 is 0 Å². The lowest BCUT2D eigenvalue weighted by molar-refractivity contribution is 0.0758. The average Bonchev–Trinajstić information content (AvgIpc) is 2.83. The van der Waals surface area contributed by atoms with Crippen molar-refractivity contribution in [1.29, 1.82) is 0 Å². The summed E-state index contributed by atoms with van der Waals surface area (Å²) < 4.78 is 0. The van der Waals surface area contributed by atoms with E-state index in [4.69, 9.17) is 0 Å². The lowest BCUT2D eigenvalue weighted by atomic mass is 9.89. The van der Waals surface area contributed by atoms with Crippen LogP contribution in [0.1, 0.15) is 30.1 Å². The number of hydrogen-bond donors (Lipinski definition) is 1. The molecule has 128 valence electrons. The van der Waals surface area contributed by atoms with E-state index in [0.29, 0.717) is 5.41 Å². The van der Waals surface area contributed by atoms with E-state index in [9.17, 15) is 4.79 Å². The third-order valence-corrected chi connectivity index (χ3v) is 4.96. The highest BCUT2D eigenvalue weighted by Gasteiger charge is 2.31. The SMILES string of the molecule is CC1(CN2CCCN(C(=O)c3ccccc3)CC2)CCNC1.Cl. The first-order valence-corrected chi connectivity index (χ1v) is 8.44. The molecular weight excluding hydrogens is 310 g/mol. The lowest BCUT2D eigenvalue weighted by Gasteiger charge is -2.31. The Hall–Kier alpha value is -1.10. The number of amides is 1. The summed E-state index contributed by atoms with van der Waals surface area (Å²) in [4.78, 5) is 17.1. The number of hydrogen-bond acceptors (Lipinski definition) is 3. The minimum atomic E-state index is 0. The fraction of sp³-hybridized carbons (Fsp3) is 0.611. The molecule has 0 saturated carbocycles. The van der Waals surface area contributed by atoms with E-state index in [0.717, 1.165) is 57.8 Å². The van der Waals surface area contributed by atoms with Crippen LogP contribution in [0, 0.1) is 5.41 Å². The van der Waals surface area contributed by atoms with Crippen LogP contribution in [0.3, 0.4) is 0 Å². The zero-order valence-corrected chi connectivity index (χ0v) is 14.8. The first-order chi connectivity index (χ1) is 10.7. The maximum absolute atomic E-state index is 12.6. The smallest absolute Gasteiger partial charge is 0.253 e. The Morgan fingerprint density at radius 2 is 1.96 bits per heavy atom. The van der Waals surface area contributed by atoms with Crippen LogP contribution < -0.4 is 5.32 Å². The molecule has 0 bridgehead atoms. The van der Waals surface area contributed by atoms with Crippen molar-refractivity contribution in [3.63, 3.8) is 0 Å². The van der Waals surface area contributed by atoms with Gasteiger partial charge in [-0.2, -0.15) is 0 Å². The van der Waals surface area contributed by atoms with Crippen molar-refractivity contribution in [2.75, 3.05) is 45.8 Å². The van der Waals surface area contributed by atoms with Gasteiger partial charge in [0.25, 0.3) is 5.91 Å². The molecule has 4 nitrogen and oxygen atoms in total. The number of halogens is 1. The van der Waals surface area contributed by atoms with E-state index >= 15 is 0 Å². The van der Waals surface area contributed by atoms with Crippen LogP contribution in [-0.4, -0.2) is 61.5 Å². The number of nitrogens with zero attached hydrogens (tertiary/aromatic N) is 2. The fourth-order valence-corrected chi connectivity index (χ4v) is 3.64. The predicted molar refractivity (Wildman–Crippen MR) is 96.2 cm³/mol. The molecule has 2 saturated heterocycles. The number of carbonyl (C=O) groups is 1. The van der Waals surface area contributed by atoms with Gasteiger partial charge in [-0.05, 0) is 43.5 Å². The standard InChI is InChI=1S/C18H27N3O.ClH/c1-18(8-9-19-14-18)15-20-10-5-11-21(13-12-20)17(22)16-6-3-2-4-7-16;/h2-4,6-7,19H,5,8-15H2,1H3;1H. The summed E-state index contributed by atoms with van der Waals surface area (Å²) in [5.74, 6) is 0.177. The Bertz CT molecular complexity index is 502. The molecule has 1 amide bonds. The lowest BCUT2D eigenvalue weighted by Crippen LogP contribution is -2.40. The molecule has 2 aliphatic rings. The maximum Gasteiger partial charge on any atom is 0.253 e. The second-order valence-electron chi connectivity index (χ2n) is 7.03. The molecule has 1 atom stereocenters. The quantitative estimate of drug-likeness (QED) is 0.919. The molecule has 1 aromatic carbocycles. The predicted octanol–water partition coefficient (Wildman–Crippen LogP) is 2.26. The Kier molecular flexibility index (Phi) is 6.45. The molecule has 5 heteroatoms. The van der Waals surface area contributed by atoms with Gasteiger partial charge in [-0.3, -0.25) is 4.79 Å². The highest BCUT2D eigenvalue weighted by Crippen LogP contribution is 2.26. The van der Waals surface area contributed by atoms with Crippen LogP contribution >= 0.6 is 12.4 Å². The van der Waals surface area contributed by atoms with Gasteiger partial charge in [0, 0.05) is 38.3 Å². The highest BCUT2D eigenvalue weighted by molar-refractivity contribution is 5.94. The van der Waals surface area contributed by atoms with Crippen LogP contribution in [0.5, 0.6) is 0 Å². The second kappa shape index (κ2) is 8.13. The Labute approximate surface area is 145 Å². The Morgan fingerprint density at radius 3 is 2.65 bits per heavy atom. The zero-order valence-electron chi connectivity index (χ0n) is 14.0. The molecule has 3 rings (SSSR count). The second-order valence-corrected chi connectivity index (χ2v) is 7.03. The third-order valence-electron chi connectivity index (χ3n) is 4.96. The van der Waals surface area contributed by atoms with Crippen molar-refractivity contribution in [1.82, 2.24) is 15.1 Å². The summed E-state index contributed by atoms with van der Waals surface area (Å²) in [5.41, 5.74) is 1.21. The first kappa shape index (κ1) is 18.2. The molecule has 1 N–H and O–H groups in total. The summed E-state index contributed by atoms with van der Waals surface area (Å²) in [6, 6.07) is 9.65. The summed E-state index contributed by atoms with van der Waals surface area (Å²) >= 11 is 0. The van der Waals surface area contributed by atoms with E-state index in [-0.39, 0.29) is 18.3 Å². The molecule has 0 aliphatic carbocycles. The summed E-state index contributed by atoms with van der Waals surface area (Å²) in [6.45, 7) is 9.61. The van der Waals surface area contributed by atoms with Gasteiger partial charge < -0.3 is 15.1 Å². The van der Waals surface area contributed by atoms with Gasteiger partial charge in [0.2, 0.25) is 0 Å². The topological polar surface area (TPSA) is 35.6 Å². The van der Waals surface area contributed by atoms with Crippen molar-refractivity contribution in [2.45, 2.75) is 19.8 Å². The van der Waals surface area contributed by atoms with Crippen LogP contribution in [0.15, 0.2) is 30.3 Å². The van der Waals surface area contributed by atoms with Gasteiger partial charge in [-0.15, -0.1) is 12.4 Å². The largest absolute Gasteiger partial charge is 0.337 e. The number of rotatable bonds is 3. The van der Waals surface area contributed by atoms with E-state index in [1.165, 1.54) is 6.42 Å². The van der Waals surface area contributed by atoms with E-state index < -0.39 is 0 Å². The van der Waals surface area contributed by atoms with E-state index in [1.54, 1.807) is 0 Å². The number of benzene rings is 1. The number of carbonyl (C=O) groups excluding carboxylic acids is 1. The van der Waals surface area contributed by atoms with Crippen molar-refractivity contribution in [3.05, 3.63) is 35.9 Å². The van der Waals surface area contributed by atoms with Gasteiger partial charge in [-0.25, -0.2) is 0 Å². The molecule has 1 unspecified atom stereocenters. The highest BCUT2D eigenvalue weighted by atomic mass is 35.5. The summed E-state index contributed by atoms with van der Waals surface area (Å²) in [6.07, 6.45) is 2.33. The zero-order chi connectivity index (χ0) is 15.4. The van der Waals surface area contributed by atoms with Crippen LogP contribution in [0.25, 0.3) is 0 Å². The van der Waals surface area contributed by atoms with Crippen molar-refractivity contribution < 1.29 is 4.79 Å². The van der Waals surface area contributed by atoms with Gasteiger partial charge in [-0.1, -0.05) is 25.1 Å². The van der Waals surface area contributed by atoms with Crippen molar-refractivity contribution in [3.8, 4) is 0 Å². The minimum Gasteiger partial charge on any atom is -0.337 e. The normalized spacial score (nSPS) is 25.7. The molecular formula is C18H28ClN3O. The van der Waals surface area contributed by atoms with Crippen LogP contribution in [0.4, 0.5) is 0 Å². The molecule has 2 heterocycles. The van der Waals surface area contributed by atoms with Gasteiger partial charge in [0.05, 0.1) is 0 Å². The molecule has 0 spiro atoms. The minimum absolute atomic E-state index is 0. The van der Waals surface area contributed by atoms with Crippen molar-refractivity contribution in [2.24, 2.45) is 5.41 Å². The first-order valence-electron chi connectivity index (χ1n) is 8.44. The third kappa shape index (κ3) is 4.69. The fourth-order valence-electron chi connectivity index (χ4n) is 3.64. The van der Waals surface area contributed by atoms with Gasteiger partial charge in [0.1, 0.15) is 0 Å². The molecule has 2 fully saturated rings. The molecule has 23 heavy (non-hydrogen) atoms. The van der Waals surface area contributed by atoms with Crippen molar-refractivity contribution >= 4 is 18.3 Å². The van der Waals surface area contributed by atoms with E-state index in [2.05, 4.69) is 17.1 Å². The number of nitrogens with one attached hydrogen (secondary N) is 1. The molecule has 0 aromatic heterocycles.